The van der Waals surface area contributed by atoms with Crippen LogP contribution in [0.5, 0.6) is 0 Å². The van der Waals surface area contributed by atoms with Gasteiger partial charge < -0.3 is 24.7 Å². The highest BCUT2D eigenvalue weighted by Crippen LogP contribution is 2.65. The Labute approximate surface area is 226 Å². The average molecular weight is 539 g/mol. The Balaban J connectivity index is 1.68. The van der Waals surface area contributed by atoms with Crippen LogP contribution in [0.25, 0.3) is 0 Å². The SMILES string of the molecule is C=CCN(C(=O)C1N([C@H](CO)c2ccccc2)C(=O)[C@@H]2[C@@H](C(=O)O)[C@@]3(CC)CCC12O3)c1ccc(Cl)cc1. The van der Waals surface area contributed by atoms with E-state index in [4.69, 9.17) is 16.3 Å². The van der Waals surface area contributed by atoms with Gasteiger partial charge in [-0.3, -0.25) is 14.4 Å². The fourth-order valence-corrected chi connectivity index (χ4v) is 7.02. The number of aliphatic hydroxyl groups excluding tert-OH is 1. The van der Waals surface area contributed by atoms with Crippen molar-refractivity contribution in [2.45, 2.75) is 49.5 Å². The number of rotatable bonds is 9. The molecule has 3 aliphatic heterocycles. The number of carbonyl (C=O) groups is 3. The summed E-state index contributed by atoms with van der Waals surface area (Å²) in [5.41, 5.74) is -1.16. The van der Waals surface area contributed by atoms with Gasteiger partial charge >= 0.3 is 5.97 Å². The van der Waals surface area contributed by atoms with Crippen LogP contribution < -0.4 is 4.90 Å². The summed E-state index contributed by atoms with van der Waals surface area (Å²) < 4.78 is 6.62. The van der Waals surface area contributed by atoms with Gasteiger partial charge in [0.2, 0.25) is 5.91 Å². The third kappa shape index (κ3) is 3.77. The van der Waals surface area contributed by atoms with E-state index in [0.29, 0.717) is 35.5 Å². The lowest BCUT2D eigenvalue weighted by Crippen LogP contribution is -2.57. The number of aliphatic hydroxyl groups is 1. The van der Waals surface area contributed by atoms with E-state index in [9.17, 15) is 24.6 Å². The number of halogens is 1. The molecule has 0 radical (unpaired) electrons. The van der Waals surface area contributed by atoms with Crippen LogP contribution in [0, 0.1) is 11.8 Å². The zero-order valence-electron chi connectivity index (χ0n) is 21.1. The van der Waals surface area contributed by atoms with Gasteiger partial charge in [-0.2, -0.15) is 0 Å². The maximum absolute atomic E-state index is 14.6. The van der Waals surface area contributed by atoms with Gasteiger partial charge in [-0.15, -0.1) is 6.58 Å². The molecule has 2 bridgehead atoms. The lowest BCUT2D eigenvalue weighted by molar-refractivity contribution is -0.157. The monoisotopic (exact) mass is 538 g/mol. The number of hydrogen-bond donors (Lipinski definition) is 2. The van der Waals surface area contributed by atoms with Crippen molar-refractivity contribution in [3.63, 3.8) is 0 Å². The van der Waals surface area contributed by atoms with Crippen molar-refractivity contribution in [3.05, 3.63) is 77.8 Å². The lowest BCUT2D eigenvalue weighted by atomic mass is 9.65. The summed E-state index contributed by atoms with van der Waals surface area (Å²) in [5.74, 6) is -4.15. The van der Waals surface area contributed by atoms with Gasteiger partial charge in [-0.1, -0.05) is 54.9 Å². The summed E-state index contributed by atoms with van der Waals surface area (Å²) in [6.07, 6.45) is 2.79. The number of fused-ring (bicyclic) bond motifs is 1. The highest BCUT2D eigenvalue weighted by molar-refractivity contribution is 6.30. The molecule has 200 valence electrons. The van der Waals surface area contributed by atoms with E-state index in [1.54, 1.807) is 54.6 Å². The predicted molar refractivity (Wildman–Crippen MR) is 142 cm³/mol. The molecule has 8 nitrogen and oxygen atoms in total. The summed E-state index contributed by atoms with van der Waals surface area (Å²) in [6, 6.07) is 13.7. The normalized spacial score (nSPS) is 30.2. The minimum absolute atomic E-state index is 0.149. The van der Waals surface area contributed by atoms with Crippen LogP contribution in [-0.4, -0.2) is 63.3 Å². The van der Waals surface area contributed by atoms with Crippen LogP contribution in [0.4, 0.5) is 5.69 Å². The fourth-order valence-electron chi connectivity index (χ4n) is 6.90. The minimum atomic E-state index is -1.33. The Bertz CT molecular complexity index is 1250. The zero-order valence-corrected chi connectivity index (χ0v) is 21.9. The van der Waals surface area contributed by atoms with Crippen molar-refractivity contribution in [2.24, 2.45) is 11.8 Å². The Morgan fingerprint density at radius 3 is 2.47 bits per heavy atom. The molecule has 0 aliphatic carbocycles. The van der Waals surface area contributed by atoms with Gasteiger partial charge in [-0.05, 0) is 49.1 Å². The number of amides is 2. The summed E-state index contributed by atoms with van der Waals surface area (Å²) in [4.78, 5) is 44.3. The smallest absolute Gasteiger partial charge is 0.310 e. The second-order valence-electron chi connectivity index (χ2n) is 10.2. The molecular weight excluding hydrogens is 508 g/mol. The molecular formula is C29H31ClN2O6. The number of carboxylic acid groups (broad SMARTS) is 1. The van der Waals surface area contributed by atoms with Crippen molar-refractivity contribution in [1.82, 2.24) is 4.90 Å². The van der Waals surface area contributed by atoms with Gasteiger partial charge in [0.05, 0.1) is 24.2 Å². The maximum atomic E-state index is 14.6. The average Bonchev–Trinajstić information content (AvgIpc) is 3.53. The van der Waals surface area contributed by atoms with E-state index >= 15 is 0 Å². The number of ether oxygens (including phenoxy) is 1. The number of anilines is 1. The van der Waals surface area contributed by atoms with E-state index in [1.165, 1.54) is 9.80 Å². The largest absolute Gasteiger partial charge is 0.481 e. The van der Waals surface area contributed by atoms with E-state index in [1.807, 2.05) is 13.0 Å². The van der Waals surface area contributed by atoms with Crippen LogP contribution in [0.3, 0.4) is 0 Å². The van der Waals surface area contributed by atoms with Crippen LogP contribution in [-0.2, 0) is 19.1 Å². The minimum Gasteiger partial charge on any atom is -0.481 e. The highest BCUT2D eigenvalue weighted by atomic mass is 35.5. The molecule has 0 saturated carbocycles. The molecule has 3 saturated heterocycles. The fraction of sp³-hybridized carbons (Fsp3) is 0.414. The van der Waals surface area contributed by atoms with E-state index < -0.39 is 59.5 Å². The molecule has 38 heavy (non-hydrogen) atoms. The number of aliphatic carboxylic acids is 1. The molecule has 2 aromatic rings. The maximum Gasteiger partial charge on any atom is 0.310 e. The Morgan fingerprint density at radius 1 is 1.21 bits per heavy atom. The van der Waals surface area contributed by atoms with E-state index in [-0.39, 0.29) is 6.54 Å². The first-order valence-electron chi connectivity index (χ1n) is 12.8. The topological polar surface area (TPSA) is 107 Å². The van der Waals surface area contributed by atoms with Gasteiger partial charge in [0.25, 0.3) is 5.91 Å². The molecule has 3 fully saturated rings. The Kier molecular flexibility index (Phi) is 6.84. The number of hydrogen-bond acceptors (Lipinski definition) is 5. The number of carbonyl (C=O) groups excluding carboxylic acids is 2. The Hall–Kier alpha value is -3.20. The summed E-state index contributed by atoms with van der Waals surface area (Å²) >= 11 is 6.09. The first-order valence-corrected chi connectivity index (χ1v) is 13.2. The van der Waals surface area contributed by atoms with Crippen molar-refractivity contribution in [3.8, 4) is 0 Å². The summed E-state index contributed by atoms with van der Waals surface area (Å²) in [5, 5.41) is 21.3. The summed E-state index contributed by atoms with van der Waals surface area (Å²) in [6.45, 7) is 5.37. The lowest BCUT2D eigenvalue weighted by Gasteiger charge is -2.39. The first-order chi connectivity index (χ1) is 18.2. The summed E-state index contributed by atoms with van der Waals surface area (Å²) in [7, 11) is 0. The van der Waals surface area contributed by atoms with Gasteiger partial charge in [0.15, 0.2) is 0 Å². The number of carboxylic acids is 1. The zero-order chi connectivity index (χ0) is 27.2. The third-order valence-electron chi connectivity index (χ3n) is 8.53. The van der Waals surface area contributed by atoms with Crippen LogP contribution >= 0.6 is 11.6 Å². The predicted octanol–water partition coefficient (Wildman–Crippen LogP) is 3.83. The van der Waals surface area contributed by atoms with E-state index in [0.717, 1.165) is 0 Å². The van der Waals surface area contributed by atoms with Crippen LogP contribution in [0.1, 0.15) is 37.8 Å². The molecule has 1 spiro atoms. The quantitative estimate of drug-likeness (QED) is 0.470. The van der Waals surface area contributed by atoms with Crippen molar-refractivity contribution in [2.75, 3.05) is 18.1 Å². The van der Waals surface area contributed by atoms with Crippen molar-refractivity contribution >= 4 is 35.1 Å². The molecule has 5 rings (SSSR count). The second kappa shape index (κ2) is 9.84. The molecule has 9 heteroatoms. The second-order valence-corrected chi connectivity index (χ2v) is 10.7. The van der Waals surface area contributed by atoms with Crippen LogP contribution in [0.2, 0.25) is 5.02 Å². The van der Waals surface area contributed by atoms with Crippen molar-refractivity contribution in [1.29, 1.82) is 0 Å². The molecule has 2 unspecified atom stereocenters. The first kappa shape index (κ1) is 26.4. The molecule has 0 aromatic heterocycles. The molecule has 2 N–H and O–H groups in total. The van der Waals surface area contributed by atoms with Gasteiger partial charge in [0.1, 0.15) is 17.6 Å². The van der Waals surface area contributed by atoms with Crippen LogP contribution in [0.15, 0.2) is 67.3 Å². The standard InChI is InChI=1S/C29H31ClN2O6/c1-3-16-31(20-12-10-19(30)11-13-20)26(35)24-29-15-14-28(4-2,38-29)23(27(36)37)22(29)25(34)32(24)21(17-33)18-8-6-5-7-9-18/h3,5-13,21-24,33H,1,4,14-17H2,2H3,(H,36,37)/t21-,22+,23+,24?,28-,29?/m1/s1. The van der Waals surface area contributed by atoms with Gasteiger partial charge in [0, 0.05) is 17.3 Å². The number of benzene rings is 2. The molecule has 3 aliphatic rings. The Morgan fingerprint density at radius 2 is 1.89 bits per heavy atom. The van der Waals surface area contributed by atoms with E-state index in [2.05, 4.69) is 6.58 Å². The molecule has 2 amide bonds. The molecule has 6 atom stereocenters. The number of likely N-dealkylation sites (tertiary alicyclic amines) is 1. The molecule has 2 aromatic carbocycles. The third-order valence-corrected chi connectivity index (χ3v) is 8.78. The highest BCUT2D eigenvalue weighted by Gasteiger charge is 2.79. The van der Waals surface area contributed by atoms with Crippen molar-refractivity contribution < 1.29 is 29.3 Å². The molecule has 3 heterocycles. The van der Waals surface area contributed by atoms with Gasteiger partial charge in [-0.25, -0.2) is 0 Å². The number of nitrogens with zero attached hydrogens (tertiary/aromatic N) is 2.